The maximum absolute atomic E-state index is 12.2. The molecule has 1 N–H and O–H groups in total. The van der Waals surface area contributed by atoms with Crippen molar-refractivity contribution >= 4 is 33.4 Å². The second kappa shape index (κ2) is 6.91. The smallest absolute Gasteiger partial charge is 0.253 e. The topological polar surface area (TPSA) is 29.1 Å². The molecule has 0 bridgehead atoms. The van der Waals surface area contributed by atoms with E-state index in [2.05, 4.69) is 33.4 Å². The Morgan fingerprint density at radius 1 is 1.25 bits per heavy atom. The fourth-order valence-electron chi connectivity index (χ4n) is 1.99. The number of benzene rings is 2. The van der Waals surface area contributed by atoms with Gasteiger partial charge < -0.3 is 5.32 Å². The van der Waals surface area contributed by atoms with E-state index in [-0.39, 0.29) is 11.9 Å². The molecule has 20 heavy (non-hydrogen) atoms. The second-order valence-electron chi connectivity index (χ2n) is 4.69. The van der Waals surface area contributed by atoms with Crippen molar-refractivity contribution < 1.29 is 4.79 Å². The number of hydrogen-bond donors (Lipinski definition) is 1. The fourth-order valence-corrected chi connectivity index (χ4v) is 2.56. The van der Waals surface area contributed by atoms with Crippen LogP contribution < -0.4 is 5.32 Å². The van der Waals surface area contributed by atoms with Gasteiger partial charge in [0.05, 0.1) is 10.6 Å². The molecule has 2 aromatic carbocycles. The third-order valence-corrected chi connectivity index (χ3v) is 3.76. The van der Waals surface area contributed by atoms with Crippen molar-refractivity contribution in [1.82, 2.24) is 5.32 Å². The molecule has 0 aliphatic heterocycles. The summed E-state index contributed by atoms with van der Waals surface area (Å²) in [6.45, 7) is 1.98. The van der Waals surface area contributed by atoms with E-state index in [9.17, 15) is 4.79 Å². The Morgan fingerprint density at radius 2 is 1.95 bits per heavy atom. The van der Waals surface area contributed by atoms with Gasteiger partial charge >= 0.3 is 0 Å². The van der Waals surface area contributed by atoms with Gasteiger partial charge in [0.2, 0.25) is 0 Å². The largest absolute Gasteiger partial charge is 0.349 e. The van der Waals surface area contributed by atoms with E-state index in [0.717, 1.165) is 10.9 Å². The first kappa shape index (κ1) is 15.1. The zero-order valence-electron chi connectivity index (χ0n) is 11.1. The van der Waals surface area contributed by atoms with E-state index in [1.54, 1.807) is 12.1 Å². The zero-order chi connectivity index (χ0) is 14.5. The Balaban J connectivity index is 2.02. The third kappa shape index (κ3) is 4.09. The van der Waals surface area contributed by atoms with Gasteiger partial charge in [-0.1, -0.05) is 57.9 Å². The molecule has 104 valence electrons. The Labute approximate surface area is 132 Å². The molecule has 2 rings (SSSR count). The Morgan fingerprint density at radius 3 is 2.65 bits per heavy atom. The van der Waals surface area contributed by atoms with Crippen LogP contribution in [0.2, 0.25) is 5.02 Å². The van der Waals surface area contributed by atoms with Crippen molar-refractivity contribution in [1.29, 1.82) is 0 Å². The van der Waals surface area contributed by atoms with Gasteiger partial charge in [-0.25, -0.2) is 0 Å². The normalized spacial score (nSPS) is 11.9. The minimum absolute atomic E-state index is 0.0416. The summed E-state index contributed by atoms with van der Waals surface area (Å²) in [5.41, 5.74) is 1.68. The number of hydrogen-bond acceptors (Lipinski definition) is 1. The van der Waals surface area contributed by atoms with E-state index in [1.165, 1.54) is 5.56 Å². The molecule has 0 saturated carbocycles. The lowest BCUT2D eigenvalue weighted by atomic mass is 10.1. The maximum atomic E-state index is 12.2. The van der Waals surface area contributed by atoms with Gasteiger partial charge in [0.25, 0.3) is 5.91 Å². The van der Waals surface area contributed by atoms with Crippen molar-refractivity contribution in [2.24, 2.45) is 0 Å². The molecule has 0 aliphatic rings. The Bertz CT molecular complexity index is 601. The molecular weight excluding hydrogens is 338 g/mol. The second-order valence-corrected chi connectivity index (χ2v) is 6.01. The summed E-state index contributed by atoms with van der Waals surface area (Å²) >= 11 is 9.40. The standard InChI is InChI=1S/C16H15BrClNO/c1-11(9-12-5-3-2-4-6-12)19-16(20)14-10-13(17)7-8-15(14)18/h2-8,10-11H,9H2,1H3,(H,19,20). The van der Waals surface area contributed by atoms with Crippen LogP contribution >= 0.6 is 27.5 Å². The van der Waals surface area contributed by atoms with E-state index < -0.39 is 0 Å². The SMILES string of the molecule is CC(Cc1ccccc1)NC(=O)c1cc(Br)ccc1Cl. The zero-order valence-corrected chi connectivity index (χ0v) is 13.4. The van der Waals surface area contributed by atoms with Crippen LogP contribution in [0.5, 0.6) is 0 Å². The van der Waals surface area contributed by atoms with Crippen molar-refractivity contribution in [3.05, 3.63) is 69.2 Å². The predicted octanol–water partition coefficient (Wildman–Crippen LogP) is 4.46. The van der Waals surface area contributed by atoms with Crippen molar-refractivity contribution in [2.75, 3.05) is 0 Å². The number of amides is 1. The number of rotatable bonds is 4. The van der Waals surface area contributed by atoms with Gasteiger partial charge in [-0.3, -0.25) is 4.79 Å². The first-order chi connectivity index (χ1) is 9.56. The molecule has 0 heterocycles. The highest BCUT2D eigenvalue weighted by atomic mass is 79.9. The minimum Gasteiger partial charge on any atom is -0.349 e. The summed E-state index contributed by atoms with van der Waals surface area (Å²) in [4.78, 5) is 12.2. The monoisotopic (exact) mass is 351 g/mol. The van der Waals surface area contributed by atoms with Crippen molar-refractivity contribution in [3.63, 3.8) is 0 Å². The molecule has 0 aromatic heterocycles. The van der Waals surface area contributed by atoms with Crippen LogP contribution in [0, 0.1) is 0 Å². The molecular formula is C16H15BrClNO. The first-order valence-electron chi connectivity index (χ1n) is 6.36. The molecule has 0 spiro atoms. The molecule has 1 unspecified atom stereocenters. The highest BCUT2D eigenvalue weighted by molar-refractivity contribution is 9.10. The third-order valence-electron chi connectivity index (χ3n) is 2.94. The Hall–Kier alpha value is -1.32. The molecule has 2 aromatic rings. The quantitative estimate of drug-likeness (QED) is 0.864. The predicted molar refractivity (Wildman–Crippen MR) is 86.2 cm³/mol. The van der Waals surface area contributed by atoms with Gasteiger partial charge in [-0.05, 0) is 37.1 Å². The molecule has 0 fully saturated rings. The lowest BCUT2D eigenvalue weighted by Gasteiger charge is -2.14. The number of carbonyl (C=O) groups is 1. The van der Waals surface area contributed by atoms with Crippen LogP contribution in [0.25, 0.3) is 0 Å². The summed E-state index contributed by atoms with van der Waals surface area (Å²) < 4.78 is 0.836. The van der Waals surface area contributed by atoms with Crippen LogP contribution in [-0.2, 0) is 6.42 Å². The number of nitrogens with one attached hydrogen (secondary N) is 1. The summed E-state index contributed by atoms with van der Waals surface area (Å²) in [6, 6.07) is 15.4. The van der Waals surface area contributed by atoms with Gasteiger partial charge in [-0.2, -0.15) is 0 Å². The Kier molecular flexibility index (Phi) is 5.21. The number of halogens is 2. The lowest BCUT2D eigenvalue weighted by Crippen LogP contribution is -2.34. The van der Waals surface area contributed by atoms with Gasteiger partial charge in [0.15, 0.2) is 0 Å². The molecule has 0 radical (unpaired) electrons. The highest BCUT2D eigenvalue weighted by Gasteiger charge is 2.13. The average Bonchev–Trinajstić information content (AvgIpc) is 2.42. The van der Waals surface area contributed by atoms with Gasteiger partial charge in [0.1, 0.15) is 0 Å². The molecule has 2 nitrogen and oxygen atoms in total. The minimum atomic E-state index is -0.153. The van der Waals surface area contributed by atoms with Crippen LogP contribution in [0.4, 0.5) is 0 Å². The van der Waals surface area contributed by atoms with Crippen LogP contribution in [0.1, 0.15) is 22.8 Å². The number of carbonyl (C=O) groups excluding carboxylic acids is 1. The summed E-state index contributed by atoms with van der Waals surface area (Å²) in [7, 11) is 0. The average molecular weight is 353 g/mol. The molecule has 0 aliphatic carbocycles. The van der Waals surface area contributed by atoms with Crippen molar-refractivity contribution in [3.8, 4) is 0 Å². The summed E-state index contributed by atoms with van der Waals surface area (Å²) in [6.07, 6.45) is 0.790. The highest BCUT2D eigenvalue weighted by Crippen LogP contribution is 2.21. The fraction of sp³-hybridized carbons (Fsp3) is 0.188. The van der Waals surface area contributed by atoms with Crippen LogP contribution in [-0.4, -0.2) is 11.9 Å². The van der Waals surface area contributed by atoms with Crippen molar-refractivity contribution in [2.45, 2.75) is 19.4 Å². The first-order valence-corrected chi connectivity index (χ1v) is 7.53. The summed E-state index contributed by atoms with van der Waals surface area (Å²) in [5.74, 6) is -0.153. The van der Waals surface area contributed by atoms with E-state index >= 15 is 0 Å². The lowest BCUT2D eigenvalue weighted by molar-refractivity contribution is 0.0940. The molecule has 0 saturated heterocycles. The van der Waals surface area contributed by atoms with Gasteiger partial charge in [-0.15, -0.1) is 0 Å². The van der Waals surface area contributed by atoms with E-state index in [4.69, 9.17) is 11.6 Å². The molecule has 4 heteroatoms. The van der Waals surface area contributed by atoms with Gasteiger partial charge in [0, 0.05) is 10.5 Å². The summed E-state index contributed by atoms with van der Waals surface area (Å²) in [5, 5.41) is 3.42. The molecule has 1 amide bonds. The van der Waals surface area contributed by atoms with E-state index in [0.29, 0.717) is 10.6 Å². The van der Waals surface area contributed by atoms with Crippen LogP contribution in [0.3, 0.4) is 0 Å². The molecule has 1 atom stereocenters. The maximum Gasteiger partial charge on any atom is 0.253 e. The van der Waals surface area contributed by atoms with E-state index in [1.807, 2.05) is 31.2 Å². The van der Waals surface area contributed by atoms with Crippen LogP contribution in [0.15, 0.2) is 53.0 Å².